The smallest absolute Gasteiger partial charge is 0.128 e. The van der Waals surface area contributed by atoms with Crippen molar-refractivity contribution in [1.29, 1.82) is 0 Å². The maximum atomic E-state index is 5.89. The summed E-state index contributed by atoms with van der Waals surface area (Å²) >= 11 is 0. The van der Waals surface area contributed by atoms with Crippen LogP contribution >= 0.6 is 0 Å². The first-order valence-electron chi connectivity index (χ1n) is 5.73. The number of hydrogen-bond donors (Lipinski definition) is 0. The molecule has 1 unspecified atom stereocenters. The predicted molar refractivity (Wildman–Crippen MR) is 67.5 cm³/mol. The molecular weight excluding hydrogens is 212 g/mol. The quantitative estimate of drug-likeness (QED) is 0.736. The van der Waals surface area contributed by atoms with Crippen molar-refractivity contribution in [2.45, 2.75) is 13.0 Å². The van der Waals surface area contributed by atoms with E-state index < -0.39 is 0 Å². The van der Waals surface area contributed by atoms with Crippen molar-refractivity contribution in [3.8, 4) is 22.6 Å². The molecule has 3 rings (SSSR count). The average molecular weight is 226 g/mol. The van der Waals surface area contributed by atoms with Crippen molar-refractivity contribution < 1.29 is 9.47 Å². The van der Waals surface area contributed by atoms with E-state index in [2.05, 4.69) is 25.1 Å². The fraction of sp³-hybridized carbons (Fsp3) is 0.200. The van der Waals surface area contributed by atoms with Gasteiger partial charge in [-0.3, -0.25) is 0 Å². The highest BCUT2D eigenvalue weighted by Gasteiger charge is 2.22. The zero-order chi connectivity index (χ0) is 11.8. The molecule has 2 nitrogen and oxygen atoms in total. The Morgan fingerprint density at radius 3 is 2.71 bits per heavy atom. The van der Waals surface area contributed by atoms with Gasteiger partial charge in [0.15, 0.2) is 0 Å². The zero-order valence-corrected chi connectivity index (χ0v) is 9.94. The average Bonchev–Trinajstić information content (AvgIpc) is 2.38. The number of para-hydroxylation sites is 1. The Morgan fingerprint density at radius 2 is 1.88 bits per heavy atom. The van der Waals surface area contributed by atoms with Gasteiger partial charge in [-0.1, -0.05) is 24.3 Å². The third kappa shape index (κ3) is 1.57. The van der Waals surface area contributed by atoms with Gasteiger partial charge in [-0.05, 0) is 30.7 Å². The number of methoxy groups -OCH3 is 1. The van der Waals surface area contributed by atoms with Gasteiger partial charge in [0.05, 0.1) is 7.11 Å². The van der Waals surface area contributed by atoms with Gasteiger partial charge >= 0.3 is 0 Å². The van der Waals surface area contributed by atoms with Crippen molar-refractivity contribution >= 4 is 0 Å². The summed E-state index contributed by atoms with van der Waals surface area (Å²) in [7, 11) is 1.69. The summed E-state index contributed by atoms with van der Waals surface area (Å²) in [5.74, 6) is 1.83. The van der Waals surface area contributed by atoms with Gasteiger partial charge in [-0.2, -0.15) is 0 Å². The highest BCUT2D eigenvalue weighted by Crippen LogP contribution is 2.43. The Morgan fingerprint density at radius 1 is 1.06 bits per heavy atom. The molecule has 0 saturated heterocycles. The van der Waals surface area contributed by atoms with Crippen molar-refractivity contribution in [1.82, 2.24) is 0 Å². The second-order valence-corrected chi connectivity index (χ2v) is 4.21. The van der Waals surface area contributed by atoms with E-state index in [1.54, 1.807) is 7.11 Å². The molecule has 0 bridgehead atoms. The molecule has 86 valence electrons. The van der Waals surface area contributed by atoms with Crippen LogP contribution in [0.1, 0.15) is 18.6 Å². The second-order valence-electron chi connectivity index (χ2n) is 4.21. The van der Waals surface area contributed by atoms with Crippen LogP contribution < -0.4 is 9.47 Å². The molecule has 0 N–H and O–H groups in total. The topological polar surface area (TPSA) is 18.5 Å². The van der Waals surface area contributed by atoms with Crippen molar-refractivity contribution in [3.63, 3.8) is 0 Å². The molecule has 0 aliphatic carbocycles. The lowest BCUT2D eigenvalue weighted by Gasteiger charge is -2.26. The number of hydrogen-bond acceptors (Lipinski definition) is 2. The van der Waals surface area contributed by atoms with Gasteiger partial charge in [-0.15, -0.1) is 0 Å². The highest BCUT2D eigenvalue weighted by atomic mass is 16.5. The van der Waals surface area contributed by atoms with E-state index >= 15 is 0 Å². The minimum absolute atomic E-state index is 0.0887. The number of rotatable bonds is 1. The van der Waals surface area contributed by atoms with Crippen molar-refractivity contribution in [2.24, 2.45) is 0 Å². The SMILES string of the molecule is COc1ccc2c(c1)-c1ccccc1OC2C. The maximum Gasteiger partial charge on any atom is 0.128 e. The summed E-state index contributed by atoms with van der Waals surface area (Å²) in [5, 5.41) is 0. The molecule has 0 amide bonds. The van der Waals surface area contributed by atoms with Gasteiger partial charge < -0.3 is 9.47 Å². The van der Waals surface area contributed by atoms with E-state index in [0.29, 0.717) is 0 Å². The molecule has 0 fully saturated rings. The van der Waals surface area contributed by atoms with Crippen molar-refractivity contribution in [2.75, 3.05) is 7.11 Å². The molecule has 2 aromatic carbocycles. The number of ether oxygens (including phenoxy) is 2. The molecule has 1 aliphatic rings. The molecule has 2 heteroatoms. The third-order valence-corrected chi connectivity index (χ3v) is 3.18. The standard InChI is InChI=1S/C15H14O2/c1-10-12-8-7-11(16-2)9-14(12)13-5-3-4-6-15(13)17-10/h3-10H,1-2H3. The Hall–Kier alpha value is -1.96. The van der Waals surface area contributed by atoms with Crippen LogP contribution in [0.3, 0.4) is 0 Å². The minimum atomic E-state index is 0.0887. The fourth-order valence-corrected chi connectivity index (χ4v) is 2.30. The summed E-state index contributed by atoms with van der Waals surface area (Å²) in [5.41, 5.74) is 3.56. The summed E-state index contributed by atoms with van der Waals surface area (Å²) in [6, 6.07) is 14.3. The monoisotopic (exact) mass is 226 g/mol. The molecule has 1 aliphatic heterocycles. The van der Waals surface area contributed by atoms with E-state index in [1.165, 1.54) is 11.1 Å². The van der Waals surface area contributed by atoms with E-state index in [1.807, 2.05) is 24.3 Å². The van der Waals surface area contributed by atoms with E-state index in [-0.39, 0.29) is 6.10 Å². The van der Waals surface area contributed by atoms with E-state index in [0.717, 1.165) is 17.1 Å². The first kappa shape index (κ1) is 10.2. The van der Waals surface area contributed by atoms with Gasteiger partial charge in [-0.25, -0.2) is 0 Å². The first-order chi connectivity index (χ1) is 8.29. The van der Waals surface area contributed by atoms with E-state index in [9.17, 15) is 0 Å². The molecule has 0 aromatic heterocycles. The van der Waals surface area contributed by atoms with Crippen LogP contribution in [0.4, 0.5) is 0 Å². The van der Waals surface area contributed by atoms with Crippen LogP contribution in [0.2, 0.25) is 0 Å². The molecule has 17 heavy (non-hydrogen) atoms. The molecule has 2 aromatic rings. The lowest BCUT2D eigenvalue weighted by Crippen LogP contribution is -2.10. The van der Waals surface area contributed by atoms with Gasteiger partial charge in [0, 0.05) is 11.1 Å². The normalized spacial score (nSPS) is 16.7. The van der Waals surface area contributed by atoms with Gasteiger partial charge in [0.25, 0.3) is 0 Å². The highest BCUT2D eigenvalue weighted by molar-refractivity contribution is 5.76. The number of fused-ring (bicyclic) bond motifs is 3. The van der Waals surface area contributed by atoms with E-state index in [4.69, 9.17) is 9.47 Å². The summed E-state index contributed by atoms with van der Waals surface area (Å²) in [6.07, 6.45) is 0.0887. The summed E-state index contributed by atoms with van der Waals surface area (Å²) < 4.78 is 11.2. The first-order valence-corrected chi connectivity index (χ1v) is 5.73. The lowest BCUT2D eigenvalue weighted by molar-refractivity contribution is 0.223. The molecule has 0 radical (unpaired) electrons. The molecule has 0 saturated carbocycles. The van der Waals surface area contributed by atoms with Gasteiger partial charge in [0.1, 0.15) is 17.6 Å². The molecule has 0 spiro atoms. The number of benzene rings is 2. The predicted octanol–water partition coefficient (Wildman–Crippen LogP) is 3.82. The fourth-order valence-electron chi connectivity index (χ4n) is 2.30. The zero-order valence-electron chi connectivity index (χ0n) is 9.94. The second kappa shape index (κ2) is 3.81. The Labute approximate surface area is 101 Å². The Kier molecular flexibility index (Phi) is 2.29. The molecule has 1 atom stereocenters. The van der Waals surface area contributed by atoms with Gasteiger partial charge in [0.2, 0.25) is 0 Å². The van der Waals surface area contributed by atoms with Crippen LogP contribution in [0.25, 0.3) is 11.1 Å². The molecule has 1 heterocycles. The maximum absolute atomic E-state index is 5.89. The van der Waals surface area contributed by atoms with Crippen LogP contribution in [0, 0.1) is 0 Å². The largest absolute Gasteiger partial charge is 0.497 e. The van der Waals surface area contributed by atoms with Crippen LogP contribution in [0.15, 0.2) is 42.5 Å². The van der Waals surface area contributed by atoms with Crippen LogP contribution in [0.5, 0.6) is 11.5 Å². The summed E-state index contributed by atoms with van der Waals surface area (Å²) in [6.45, 7) is 2.07. The lowest BCUT2D eigenvalue weighted by atomic mass is 9.93. The Balaban J connectivity index is 2.25. The Bertz CT molecular complexity index is 561. The summed E-state index contributed by atoms with van der Waals surface area (Å²) in [4.78, 5) is 0. The third-order valence-electron chi connectivity index (χ3n) is 3.18. The van der Waals surface area contributed by atoms with Crippen molar-refractivity contribution in [3.05, 3.63) is 48.0 Å². The van der Waals surface area contributed by atoms with Crippen LogP contribution in [-0.4, -0.2) is 7.11 Å². The van der Waals surface area contributed by atoms with Crippen LogP contribution in [-0.2, 0) is 0 Å². The molecular formula is C15H14O2. The minimum Gasteiger partial charge on any atom is -0.497 e.